The summed E-state index contributed by atoms with van der Waals surface area (Å²) in [5.41, 5.74) is 1.02. The first-order valence-corrected chi connectivity index (χ1v) is 9.66. The number of benzene rings is 1. The lowest BCUT2D eigenvalue weighted by Gasteiger charge is -2.44. The molecule has 3 aliphatic rings. The fourth-order valence-electron chi connectivity index (χ4n) is 4.19. The van der Waals surface area contributed by atoms with Crippen LogP contribution in [0.1, 0.15) is 25.3 Å². The second-order valence-electron chi connectivity index (χ2n) is 7.52. The first kappa shape index (κ1) is 22.7. The van der Waals surface area contributed by atoms with Crippen LogP contribution in [0.5, 0.6) is 5.75 Å². The lowest BCUT2D eigenvalue weighted by molar-refractivity contribution is -0.136. The lowest BCUT2D eigenvalue weighted by Crippen LogP contribution is -2.54. The molecule has 0 saturated carbocycles. The normalized spacial score (nSPS) is 25.4. The van der Waals surface area contributed by atoms with Crippen LogP contribution >= 0.6 is 24.8 Å². The summed E-state index contributed by atoms with van der Waals surface area (Å²) in [5, 5.41) is 0. The molecule has 2 fully saturated rings. The molecule has 0 bridgehead atoms. The Morgan fingerprint density at radius 1 is 0.963 bits per heavy atom. The minimum absolute atomic E-state index is 0. The summed E-state index contributed by atoms with van der Waals surface area (Å²) in [4.78, 5) is 5.09. The average molecular weight is 419 g/mol. The molecule has 7 heteroatoms. The quantitative estimate of drug-likeness (QED) is 0.753. The minimum atomic E-state index is -0.144. The van der Waals surface area contributed by atoms with Crippen molar-refractivity contribution in [2.24, 2.45) is 0 Å². The zero-order valence-electron chi connectivity index (χ0n) is 16.1. The Kier molecular flexibility index (Phi) is 8.66. The van der Waals surface area contributed by atoms with Crippen LogP contribution in [0, 0.1) is 0 Å². The Morgan fingerprint density at radius 3 is 2.30 bits per heavy atom. The van der Waals surface area contributed by atoms with E-state index in [0.717, 1.165) is 71.1 Å². The van der Waals surface area contributed by atoms with Crippen molar-refractivity contribution in [1.82, 2.24) is 9.80 Å². The first-order valence-electron chi connectivity index (χ1n) is 9.66. The predicted molar refractivity (Wildman–Crippen MR) is 111 cm³/mol. The van der Waals surface area contributed by atoms with Gasteiger partial charge in [0.2, 0.25) is 0 Å². The van der Waals surface area contributed by atoms with Gasteiger partial charge in [0.05, 0.1) is 19.8 Å². The topological polar surface area (TPSA) is 34.2 Å². The summed E-state index contributed by atoms with van der Waals surface area (Å²) in [6.07, 6.45) is 2.19. The third kappa shape index (κ3) is 5.28. The smallest absolute Gasteiger partial charge is 0.125 e. The van der Waals surface area contributed by atoms with Gasteiger partial charge in [-0.15, -0.1) is 24.8 Å². The molecule has 1 aromatic rings. The molecule has 1 unspecified atom stereocenters. The van der Waals surface area contributed by atoms with Crippen molar-refractivity contribution in [3.05, 3.63) is 29.8 Å². The minimum Gasteiger partial charge on any atom is -0.487 e. The van der Waals surface area contributed by atoms with Crippen LogP contribution in [0.3, 0.4) is 0 Å². The Hall–Kier alpha value is -0.560. The molecule has 0 aromatic heterocycles. The number of likely N-dealkylation sites (tertiary alicyclic amines) is 1. The highest BCUT2D eigenvalue weighted by Gasteiger charge is 2.43. The van der Waals surface area contributed by atoms with Crippen molar-refractivity contribution in [3.8, 4) is 5.75 Å². The van der Waals surface area contributed by atoms with Crippen LogP contribution in [0.4, 0.5) is 0 Å². The first-order chi connectivity index (χ1) is 12.3. The van der Waals surface area contributed by atoms with E-state index in [2.05, 4.69) is 34.9 Å². The number of fused-ring (bicyclic) bond motifs is 1. The third-order valence-corrected chi connectivity index (χ3v) is 6.07. The second kappa shape index (κ2) is 10.3. The van der Waals surface area contributed by atoms with Crippen molar-refractivity contribution in [2.45, 2.75) is 38.1 Å². The van der Waals surface area contributed by atoms with Crippen molar-refractivity contribution < 1.29 is 14.2 Å². The fourth-order valence-corrected chi connectivity index (χ4v) is 4.19. The highest BCUT2D eigenvalue weighted by atomic mass is 35.5. The molecule has 2 saturated heterocycles. The zero-order chi connectivity index (χ0) is 17.1. The maximum atomic E-state index is 6.43. The van der Waals surface area contributed by atoms with Gasteiger partial charge < -0.3 is 19.1 Å². The molecule has 0 N–H and O–H groups in total. The number of hydrogen-bond donors (Lipinski definition) is 0. The second-order valence-corrected chi connectivity index (χ2v) is 7.52. The Morgan fingerprint density at radius 2 is 1.59 bits per heavy atom. The highest BCUT2D eigenvalue weighted by molar-refractivity contribution is 5.85. The van der Waals surface area contributed by atoms with Gasteiger partial charge in [0.1, 0.15) is 17.5 Å². The summed E-state index contributed by atoms with van der Waals surface area (Å²) in [7, 11) is 0. The fraction of sp³-hybridized carbons (Fsp3) is 0.700. The largest absolute Gasteiger partial charge is 0.487 e. The van der Waals surface area contributed by atoms with E-state index in [1.54, 1.807) is 0 Å². The number of morpholine rings is 1. The number of piperidine rings is 1. The number of rotatable bonds is 3. The number of hydrogen-bond acceptors (Lipinski definition) is 5. The predicted octanol–water partition coefficient (Wildman–Crippen LogP) is 2.99. The zero-order valence-corrected chi connectivity index (χ0v) is 17.7. The Balaban J connectivity index is 0.00000131. The molecule has 4 rings (SSSR count). The van der Waals surface area contributed by atoms with Crippen LogP contribution < -0.4 is 4.74 Å². The van der Waals surface area contributed by atoms with E-state index in [1.807, 2.05) is 6.07 Å². The van der Waals surface area contributed by atoms with E-state index in [1.165, 1.54) is 5.56 Å². The van der Waals surface area contributed by atoms with Crippen LogP contribution in [0.2, 0.25) is 0 Å². The van der Waals surface area contributed by atoms with E-state index in [-0.39, 0.29) is 36.5 Å². The van der Waals surface area contributed by atoms with Gasteiger partial charge in [0.25, 0.3) is 0 Å². The SMILES string of the molecule is CC1Oc2ccccc2COC12CCN(CCN1CCOCC1)CC2.Cl.Cl. The van der Waals surface area contributed by atoms with Crippen LogP contribution in [-0.2, 0) is 16.1 Å². The van der Waals surface area contributed by atoms with E-state index in [4.69, 9.17) is 14.2 Å². The molecule has 0 radical (unpaired) electrons. The van der Waals surface area contributed by atoms with E-state index >= 15 is 0 Å². The van der Waals surface area contributed by atoms with Crippen molar-refractivity contribution in [1.29, 1.82) is 0 Å². The number of para-hydroxylation sites is 1. The van der Waals surface area contributed by atoms with E-state index in [0.29, 0.717) is 6.61 Å². The third-order valence-electron chi connectivity index (χ3n) is 6.07. The van der Waals surface area contributed by atoms with Gasteiger partial charge in [0.15, 0.2) is 0 Å². The van der Waals surface area contributed by atoms with Gasteiger partial charge in [-0.25, -0.2) is 0 Å². The summed E-state index contributed by atoms with van der Waals surface area (Å²) in [6, 6.07) is 8.27. The summed E-state index contributed by atoms with van der Waals surface area (Å²) >= 11 is 0. The molecule has 5 nitrogen and oxygen atoms in total. The van der Waals surface area contributed by atoms with Crippen LogP contribution in [-0.4, -0.2) is 74.0 Å². The molecular weight excluding hydrogens is 387 g/mol. The molecule has 3 heterocycles. The average Bonchev–Trinajstić information content (AvgIpc) is 2.80. The van der Waals surface area contributed by atoms with Gasteiger partial charge in [-0.2, -0.15) is 0 Å². The van der Waals surface area contributed by atoms with Gasteiger partial charge in [-0.3, -0.25) is 4.90 Å². The molecule has 1 spiro atoms. The number of nitrogens with zero attached hydrogens (tertiary/aromatic N) is 2. The van der Waals surface area contributed by atoms with Gasteiger partial charge in [0, 0.05) is 44.8 Å². The maximum absolute atomic E-state index is 6.43. The molecule has 1 atom stereocenters. The van der Waals surface area contributed by atoms with E-state index < -0.39 is 0 Å². The molecule has 0 aliphatic carbocycles. The monoisotopic (exact) mass is 418 g/mol. The lowest BCUT2D eigenvalue weighted by atomic mass is 9.86. The molecule has 3 aliphatic heterocycles. The molecule has 27 heavy (non-hydrogen) atoms. The molecule has 1 aromatic carbocycles. The number of halogens is 2. The maximum Gasteiger partial charge on any atom is 0.125 e. The van der Waals surface area contributed by atoms with E-state index in [9.17, 15) is 0 Å². The molecular formula is C20H32Cl2N2O3. The van der Waals surface area contributed by atoms with Crippen LogP contribution in [0.25, 0.3) is 0 Å². The summed E-state index contributed by atoms with van der Waals surface area (Å²) in [6.45, 7) is 11.2. The van der Waals surface area contributed by atoms with Crippen molar-refractivity contribution in [2.75, 3.05) is 52.5 Å². The number of ether oxygens (including phenoxy) is 3. The van der Waals surface area contributed by atoms with Crippen LogP contribution in [0.15, 0.2) is 24.3 Å². The van der Waals surface area contributed by atoms with Crippen molar-refractivity contribution >= 4 is 24.8 Å². The highest BCUT2D eigenvalue weighted by Crippen LogP contribution is 2.37. The molecule has 154 valence electrons. The standard InChI is InChI=1S/C20H30N2O3.2ClH/c1-17-20(24-16-18-4-2-3-5-19(18)25-17)6-8-21(9-7-20)10-11-22-12-14-23-15-13-22;;/h2-5,17H,6-16H2,1H3;2*1H. The summed E-state index contributed by atoms with van der Waals surface area (Å²) in [5.74, 6) is 0.988. The summed E-state index contributed by atoms with van der Waals surface area (Å²) < 4.78 is 18.1. The Labute approximate surface area is 175 Å². The molecule has 0 amide bonds. The van der Waals surface area contributed by atoms with Crippen molar-refractivity contribution in [3.63, 3.8) is 0 Å². The Bertz CT molecular complexity index is 576. The van der Waals surface area contributed by atoms with Gasteiger partial charge in [-0.05, 0) is 25.8 Å². The van der Waals surface area contributed by atoms with Gasteiger partial charge >= 0.3 is 0 Å². The van der Waals surface area contributed by atoms with Gasteiger partial charge in [-0.1, -0.05) is 18.2 Å².